The van der Waals surface area contributed by atoms with Gasteiger partial charge in [0.2, 0.25) is 15.9 Å². The van der Waals surface area contributed by atoms with E-state index in [9.17, 15) is 13.2 Å². The Morgan fingerprint density at radius 2 is 1.83 bits per heavy atom. The summed E-state index contributed by atoms with van der Waals surface area (Å²) in [5.74, 6) is 0.145. The molecule has 30 heavy (non-hydrogen) atoms. The molecule has 0 bridgehead atoms. The van der Waals surface area contributed by atoms with Crippen LogP contribution in [-0.4, -0.2) is 38.8 Å². The lowest BCUT2D eigenvalue weighted by molar-refractivity contribution is -0.126. The van der Waals surface area contributed by atoms with Gasteiger partial charge in [0.15, 0.2) is 0 Å². The molecule has 1 aliphatic rings. The van der Waals surface area contributed by atoms with Gasteiger partial charge in [-0.2, -0.15) is 4.31 Å². The molecule has 1 aliphatic heterocycles. The molecular weight excluding hydrogens is 400 g/mol. The summed E-state index contributed by atoms with van der Waals surface area (Å²) in [7, 11) is -2.11. The van der Waals surface area contributed by atoms with Crippen LogP contribution < -0.4 is 10.1 Å². The van der Waals surface area contributed by atoms with Gasteiger partial charge in [-0.25, -0.2) is 8.42 Å². The number of benzene rings is 2. The number of aryl methyl sites for hydroxylation is 1. The maximum absolute atomic E-state index is 13.0. The molecule has 6 nitrogen and oxygen atoms in total. The number of carbonyl (C=O) groups is 1. The van der Waals surface area contributed by atoms with E-state index in [2.05, 4.69) is 24.4 Å². The summed E-state index contributed by atoms with van der Waals surface area (Å²) in [5, 5.41) is 3.05. The maximum atomic E-state index is 13.0. The van der Waals surface area contributed by atoms with E-state index in [1.54, 1.807) is 24.3 Å². The second-order valence-corrected chi connectivity index (χ2v) is 9.64. The van der Waals surface area contributed by atoms with Crippen molar-refractivity contribution in [2.24, 2.45) is 5.92 Å². The van der Waals surface area contributed by atoms with Crippen molar-refractivity contribution in [1.29, 1.82) is 0 Å². The Morgan fingerprint density at radius 3 is 2.43 bits per heavy atom. The van der Waals surface area contributed by atoms with Crippen LogP contribution in [0.5, 0.6) is 5.75 Å². The SMILES string of the molecule is CCc1ccc([C@H](C)NC(=O)[C@H]2CCCN(S(=O)(=O)c3ccc(OC)cc3)C2)cc1. The van der Waals surface area contributed by atoms with Crippen LogP contribution in [0.25, 0.3) is 0 Å². The number of hydrogen-bond acceptors (Lipinski definition) is 4. The van der Waals surface area contributed by atoms with Crippen molar-refractivity contribution in [3.63, 3.8) is 0 Å². The van der Waals surface area contributed by atoms with Gasteiger partial charge in [-0.15, -0.1) is 0 Å². The Labute approximate surface area is 179 Å². The molecule has 0 spiro atoms. The predicted octanol–water partition coefficient (Wildman–Crippen LogP) is 3.54. The van der Waals surface area contributed by atoms with E-state index in [1.165, 1.54) is 17.0 Å². The highest BCUT2D eigenvalue weighted by molar-refractivity contribution is 7.89. The predicted molar refractivity (Wildman–Crippen MR) is 117 cm³/mol. The highest BCUT2D eigenvalue weighted by atomic mass is 32.2. The van der Waals surface area contributed by atoms with Gasteiger partial charge in [0.25, 0.3) is 0 Å². The molecule has 2 aromatic rings. The van der Waals surface area contributed by atoms with E-state index in [1.807, 2.05) is 19.1 Å². The summed E-state index contributed by atoms with van der Waals surface area (Å²) in [5.41, 5.74) is 2.29. The van der Waals surface area contributed by atoms with Crippen LogP contribution in [0.15, 0.2) is 53.4 Å². The van der Waals surface area contributed by atoms with Gasteiger partial charge in [0.1, 0.15) is 5.75 Å². The molecule has 0 unspecified atom stereocenters. The summed E-state index contributed by atoms with van der Waals surface area (Å²) in [6.07, 6.45) is 2.32. The fourth-order valence-electron chi connectivity index (χ4n) is 3.73. The molecule has 0 radical (unpaired) electrons. The molecule has 162 valence electrons. The maximum Gasteiger partial charge on any atom is 0.243 e. The first-order chi connectivity index (χ1) is 14.3. The van der Waals surface area contributed by atoms with Crippen molar-refractivity contribution in [3.05, 3.63) is 59.7 Å². The molecule has 1 fully saturated rings. The zero-order valence-electron chi connectivity index (χ0n) is 17.8. The molecule has 1 N–H and O–H groups in total. The fraction of sp³-hybridized carbons (Fsp3) is 0.435. The Balaban J connectivity index is 1.66. The number of amides is 1. The zero-order valence-corrected chi connectivity index (χ0v) is 18.6. The number of carbonyl (C=O) groups excluding carboxylic acids is 1. The molecule has 2 aromatic carbocycles. The fourth-order valence-corrected chi connectivity index (χ4v) is 5.25. The van der Waals surface area contributed by atoms with Crippen LogP contribution >= 0.6 is 0 Å². The van der Waals surface area contributed by atoms with Crippen LogP contribution in [0.3, 0.4) is 0 Å². The van der Waals surface area contributed by atoms with Gasteiger partial charge in [0.05, 0.1) is 24.0 Å². The van der Waals surface area contributed by atoms with Crippen LogP contribution in [0.4, 0.5) is 0 Å². The molecule has 0 aromatic heterocycles. The number of sulfonamides is 1. The van der Waals surface area contributed by atoms with Gasteiger partial charge in [-0.3, -0.25) is 4.79 Å². The average molecular weight is 431 g/mol. The Morgan fingerprint density at radius 1 is 1.17 bits per heavy atom. The molecule has 1 saturated heterocycles. The number of hydrogen-bond donors (Lipinski definition) is 1. The minimum Gasteiger partial charge on any atom is -0.497 e. The second-order valence-electron chi connectivity index (χ2n) is 7.70. The van der Waals surface area contributed by atoms with Crippen LogP contribution in [0.1, 0.15) is 43.9 Å². The lowest BCUT2D eigenvalue weighted by Gasteiger charge is -2.32. The highest BCUT2D eigenvalue weighted by Gasteiger charge is 2.33. The number of rotatable bonds is 7. The summed E-state index contributed by atoms with van der Waals surface area (Å²) < 4.78 is 32.5. The van der Waals surface area contributed by atoms with Crippen molar-refractivity contribution in [2.75, 3.05) is 20.2 Å². The van der Waals surface area contributed by atoms with E-state index in [0.29, 0.717) is 25.1 Å². The minimum absolute atomic E-state index is 0.100. The van der Waals surface area contributed by atoms with E-state index in [0.717, 1.165) is 12.0 Å². The van der Waals surface area contributed by atoms with Crippen LogP contribution in [-0.2, 0) is 21.2 Å². The lowest BCUT2D eigenvalue weighted by atomic mass is 9.97. The smallest absolute Gasteiger partial charge is 0.243 e. The van der Waals surface area contributed by atoms with E-state index in [-0.39, 0.29) is 29.3 Å². The highest BCUT2D eigenvalue weighted by Crippen LogP contribution is 2.26. The van der Waals surface area contributed by atoms with Gasteiger partial charge in [0, 0.05) is 13.1 Å². The summed E-state index contributed by atoms with van der Waals surface area (Å²) in [4.78, 5) is 13.1. The van der Waals surface area contributed by atoms with Crippen molar-refractivity contribution in [2.45, 2.75) is 44.0 Å². The topological polar surface area (TPSA) is 75.7 Å². The first kappa shape index (κ1) is 22.3. The van der Waals surface area contributed by atoms with Crippen molar-refractivity contribution in [1.82, 2.24) is 9.62 Å². The van der Waals surface area contributed by atoms with Gasteiger partial charge in [-0.05, 0) is 61.6 Å². The number of nitrogens with one attached hydrogen (secondary N) is 1. The van der Waals surface area contributed by atoms with Crippen molar-refractivity contribution >= 4 is 15.9 Å². The van der Waals surface area contributed by atoms with E-state index in [4.69, 9.17) is 4.74 Å². The number of piperidine rings is 1. The lowest BCUT2D eigenvalue weighted by Crippen LogP contribution is -2.45. The summed E-state index contributed by atoms with van der Waals surface area (Å²) >= 11 is 0. The first-order valence-electron chi connectivity index (χ1n) is 10.4. The summed E-state index contributed by atoms with van der Waals surface area (Å²) in [6, 6.07) is 14.4. The van der Waals surface area contributed by atoms with Crippen molar-refractivity contribution in [3.8, 4) is 5.75 Å². The van der Waals surface area contributed by atoms with E-state index < -0.39 is 10.0 Å². The molecule has 2 atom stereocenters. The third-order valence-corrected chi connectivity index (χ3v) is 7.58. The number of methoxy groups -OCH3 is 1. The Hall–Kier alpha value is -2.38. The third kappa shape index (κ3) is 5.02. The Bertz CT molecular complexity index is 956. The zero-order chi connectivity index (χ0) is 21.7. The van der Waals surface area contributed by atoms with Gasteiger partial charge < -0.3 is 10.1 Å². The largest absolute Gasteiger partial charge is 0.497 e. The monoisotopic (exact) mass is 430 g/mol. The molecular formula is C23H30N2O4S. The van der Waals surface area contributed by atoms with Gasteiger partial charge in [-0.1, -0.05) is 31.2 Å². The minimum atomic E-state index is -3.64. The number of nitrogens with zero attached hydrogens (tertiary/aromatic N) is 1. The van der Waals surface area contributed by atoms with Crippen LogP contribution in [0.2, 0.25) is 0 Å². The molecule has 7 heteroatoms. The first-order valence-corrected chi connectivity index (χ1v) is 11.8. The second kappa shape index (κ2) is 9.62. The molecule has 3 rings (SSSR count). The van der Waals surface area contributed by atoms with E-state index >= 15 is 0 Å². The van der Waals surface area contributed by atoms with Crippen LogP contribution in [0, 0.1) is 5.92 Å². The Kier molecular flexibility index (Phi) is 7.15. The average Bonchev–Trinajstić information content (AvgIpc) is 2.79. The number of ether oxygens (including phenoxy) is 1. The van der Waals surface area contributed by atoms with Gasteiger partial charge >= 0.3 is 0 Å². The third-order valence-electron chi connectivity index (χ3n) is 5.70. The molecule has 1 heterocycles. The quantitative estimate of drug-likeness (QED) is 0.729. The standard InChI is InChI=1S/C23H30N2O4S/c1-4-18-7-9-19(10-8-18)17(2)24-23(26)20-6-5-15-25(16-20)30(27,28)22-13-11-21(29-3)12-14-22/h7-14,17,20H,4-6,15-16H2,1-3H3,(H,24,26)/t17-,20-/m0/s1. The normalized spacial score (nSPS) is 18.6. The molecule has 1 amide bonds. The van der Waals surface area contributed by atoms with Crippen molar-refractivity contribution < 1.29 is 17.9 Å². The summed E-state index contributed by atoms with van der Waals surface area (Å²) in [6.45, 7) is 4.68. The molecule has 0 aliphatic carbocycles. The molecule has 0 saturated carbocycles.